The lowest BCUT2D eigenvalue weighted by molar-refractivity contribution is 0.584. The zero-order valence-electron chi connectivity index (χ0n) is 91.7. The molecule has 6 aliphatic carbocycles. The SMILES string of the molecule is Cc1ccc(N(c2cc(-c3ccc4c(c3)C(C)(C)c3cc(C(C)(C)C)ccc3-4)c(C)c(-c3ccc4c(c3)C(C)(C)c3cc(C(C)(C)C)ccc3-4)c2)c2ccc3c(c2)C(C)(C)c2cc(C(C)(C)C)ccc2-3)cc1.Cc1ccc(N(c2cc(-c3ccc4c(c3)C(C)(C)c3cc(C(C)(C)C)ccc3-4)cc(-c3ccc4c(c3)C(C)(C)c3cc(C(C)(C)C)ccc3-4)c2)c2ccc3c(c2)C(C)(C)c2cc(C(C)(C)C)ccc2-3)cc1. The second kappa shape index (κ2) is 32.6. The van der Waals surface area contributed by atoms with Crippen LogP contribution < -0.4 is 9.80 Å². The molecule has 2 nitrogen and oxygen atoms in total. The van der Waals surface area contributed by atoms with E-state index in [4.69, 9.17) is 0 Å². The van der Waals surface area contributed by atoms with Gasteiger partial charge in [0, 0.05) is 66.6 Å². The van der Waals surface area contributed by atoms with Crippen molar-refractivity contribution >= 4 is 34.1 Å². The number of hydrogen-bond donors (Lipinski definition) is 0. The molecule has 0 spiro atoms. The Bertz CT molecular complexity index is 7690. The van der Waals surface area contributed by atoms with Crippen molar-refractivity contribution in [3.8, 4) is 111 Å². The molecule has 0 radical (unpaired) electrons. The molecule has 16 aromatic rings. The molecule has 0 fully saturated rings. The Hall–Kier alpha value is -12.9. The van der Waals surface area contributed by atoms with Gasteiger partial charge in [0.25, 0.3) is 0 Å². The van der Waals surface area contributed by atoms with E-state index >= 15 is 0 Å². The minimum absolute atomic E-state index is 0.0663. The maximum Gasteiger partial charge on any atom is 0.0474 e. The van der Waals surface area contributed by atoms with Crippen molar-refractivity contribution in [2.24, 2.45) is 0 Å². The monoisotopic (exact) mass is 1870 g/mol. The van der Waals surface area contributed by atoms with E-state index in [-0.39, 0.29) is 65.0 Å². The van der Waals surface area contributed by atoms with Gasteiger partial charge in [0.15, 0.2) is 0 Å². The molecule has 0 bridgehead atoms. The van der Waals surface area contributed by atoms with E-state index in [9.17, 15) is 0 Å². The summed E-state index contributed by atoms with van der Waals surface area (Å²) in [5, 5.41) is 0. The van der Waals surface area contributed by atoms with Gasteiger partial charge < -0.3 is 9.80 Å². The van der Waals surface area contributed by atoms with Crippen molar-refractivity contribution in [3.05, 3.63) is 414 Å². The van der Waals surface area contributed by atoms with Crippen LogP contribution in [0.5, 0.6) is 0 Å². The molecule has 0 aromatic heterocycles. The molecule has 0 atom stereocenters. The van der Waals surface area contributed by atoms with Crippen molar-refractivity contribution in [3.63, 3.8) is 0 Å². The lowest BCUT2D eigenvalue weighted by atomic mass is 9.78. The summed E-state index contributed by atoms with van der Waals surface area (Å²) in [5.41, 5.74) is 61.4. The molecule has 0 aliphatic heterocycles. The lowest BCUT2D eigenvalue weighted by Crippen LogP contribution is -2.18. The second-order valence-corrected chi connectivity index (χ2v) is 52.6. The molecule has 0 saturated heterocycles. The van der Waals surface area contributed by atoms with E-state index < -0.39 is 0 Å². The fourth-order valence-electron chi connectivity index (χ4n) is 25.0. The number of benzene rings is 16. The molecule has 0 saturated carbocycles. The summed E-state index contributed by atoms with van der Waals surface area (Å²) < 4.78 is 0. The van der Waals surface area contributed by atoms with E-state index in [0.717, 1.165) is 34.1 Å². The highest BCUT2D eigenvalue weighted by atomic mass is 15.1. The zero-order valence-corrected chi connectivity index (χ0v) is 91.7. The third-order valence-corrected chi connectivity index (χ3v) is 34.4. The van der Waals surface area contributed by atoms with E-state index in [2.05, 4.69) is 536 Å². The molecule has 722 valence electrons. The molecule has 0 heterocycles. The number of rotatable bonds is 10. The highest BCUT2D eigenvalue weighted by Crippen LogP contribution is 2.61. The van der Waals surface area contributed by atoms with Gasteiger partial charge in [0.2, 0.25) is 0 Å². The van der Waals surface area contributed by atoms with Crippen molar-refractivity contribution in [2.45, 2.75) is 293 Å². The molecule has 0 N–H and O–H groups in total. The van der Waals surface area contributed by atoms with Crippen LogP contribution in [0.2, 0.25) is 0 Å². The third-order valence-electron chi connectivity index (χ3n) is 34.4. The van der Waals surface area contributed by atoms with E-state index in [1.54, 1.807) is 0 Å². The van der Waals surface area contributed by atoms with Gasteiger partial charge in [-0.3, -0.25) is 0 Å². The summed E-state index contributed by atoms with van der Waals surface area (Å²) in [6.45, 7) is 77.5. The van der Waals surface area contributed by atoms with Crippen LogP contribution in [0.3, 0.4) is 0 Å². The first kappa shape index (κ1) is 96.3. The minimum atomic E-state index is -0.171. The Labute approximate surface area is 856 Å². The van der Waals surface area contributed by atoms with Gasteiger partial charge in [-0.15, -0.1) is 0 Å². The average molecular weight is 1870 g/mol. The third kappa shape index (κ3) is 15.8. The number of hydrogen-bond acceptors (Lipinski definition) is 2. The molecule has 0 amide bonds. The summed E-state index contributed by atoms with van der Waals surface area (Å²) in [4.78, 5) is 5.03. The highest BCUT2D eigenvalue weighted by Gasteiger charge is 2.45. The van der Waals surface area contributed by atoms with E-state index in [0.29, 0.717) is 0 Å². The van der Waals surface area contributed by atoms with Crippen molar-refractivity contribution in [1.29, 1.82) is 0 Å². The van der Waals surface area contributed by atoms with Crippen LogP contribution in [0, 0.1) is 20.8 Å². The Morgan fingerprint density at radius 3 is 0.559 bits per heavy atom. The van der Waals surface area contributed by atoms with Gasteiger partial charge >= 0.3 is 0 Å². The predicted molar refractivity (Wildman–Crippen MR) is 616 cm³/mol. The van der Waals surface area contributed by atoms with Gasteiger partial charge in [-0.25, -0.2) is 0 Å². The van der Waals surface area contributed by atoms with Gasteiger partial charge in [0.05, 0.1) is 0 Å². The Morgan fingerprint density at radius 2 is 0.329 bits per heavy atom. The van der Waals surface area contributed by atoms with Crippen LogP contribution in [-0.4, -0.2) is 0 Å². The number of anilines is 6. The van der Waals surface area contributed by atoms with Crippen LogP contribution in [0.4, 0.5) is 34.1 Å². The van der Waals surface area contributed by atoms with Gasteiger partial charge in [-0.1, -0.05) is 413 Å². The molecule has 6 aliphatic rings. The summed E-state index contributed by atoms with van der Waals surface area (Å²) in [7, 11) is 0. The van der Waals surface area contributed by atoms with Gasteiger partial charge in [0.1, 0.15) is 0 Å². The molecular weight excluding hydrogens is 1720 g/mol. The lowest BCUT2D eigenvalue weighted by Gasteiger charge is -2.30. The van der Waals surface area contributed by atoms with Crippen LogP contribution in [0.25, 0.3) is 111 Å². The normalized spacial score (nSPS) is 15.6. The molecule has 0 unspecified atom stereocenters. The predicted octanol–water partition coefficient (Wildman–Crippen LogP) is 39.5. The Morgan fingerprint density at radius 1 is 0.147 bits per heavy atom. The number of fused-ring (bicyclic) bond motifs is 18. The van der Waals surface area contributed by atoms with Gasteiger partial charge in [-0.05, 0) is 373 Å². The average Bonchev–Trinajstić information content (AvgIpc) is 1.62. The van der Waals surface area contributed by atoms with Crippen LogP contribution in [0.15, 0.2) is 297 Å². The van der Waals surface area contributed by atoms with Crippen molar-refractivity contribution in [1.82, 2.24) is 0 Å². The smallest absolute Gasteiger partial charge is 0.0474 e. The second-order valence-electron chi connectivity index (χ2n) is 52.6. The minimum Gasteiger partial charge on any atom is -0.310 e. The summed E-state index contributed by atoms with van der Waals surface area (Å²) in [5.74, 6) is 0. The maximum atomic E-state index is 2.52. The Kier molecular flexibility index (Phi) is 21.9. The standard InChI is InChI=1S/C71H75N.C70H73N/c1-42-18-25-49(26-19-42)72(50-27-33-57-56-32-24-48(68(9,10)11)38-64(56)71(16,17)65(57)41-50)51-39-58(44-20-28-52-54-30-22-46(66(3,4)5)36-62(54)69(12,13)60(52)34-44)43(2)59(40-51)45-21-29-53-55-31-23-47(67(6,7)8)37-63(55)70(14,15)61(53)35-45;1-42-17-24-50(25-18-42)71(51-26-32-58-57-31-23-49(67(8,9)10)40-63(57)70(15,16)64(58)41-51)52-34-45(43-19-27-53-55-29-21-47(65(2,3)4)38-61(55)68(11,12)59(53)36-43)33-46(35-52)44-20-28-54-56-30-22-48(66(5,6)7)39-62(56)69(13,14)60(54)37-44/h18-41H,1-17H3;17-41H,1-16H3. The first-order valence-electron chi connectivity index (χ1n) is 52.7. The quantitative estimate of drug-likeness (QED) is 0.135. The zero-order chi connectivity index (χ0) is 102. The maximum absolute atomic E-state index is 2.52. The number of nitrogens with zero attached hydrogens (tertiary/aromatic N) is 2. The van der Waals surface area contributed by atoms with Crippen LogP contribution in [-0.2, 0) is 65.0 Å². The number of aryl methyl sites for hydroxylation is 2. The topological polar surface area (TPSA) is 6.48 Å². The van der Waals surface area contributed by atoms with Crippen molar-refractivity contribution in [2.75, 3.05) is 9.80 Å². The molecular formula is C141H148N2. The van der Waals surface area contributed by atoms with Gasteiger partial charge in [-0.2, -0.15) is 0 Å². The fraction of sp³-hybridized carbons (Fsp3) is 0.319. The summed E-state index contributed by atoms with van der Waals surface area (Å²) in [6, 6.07) is 117. The summed E-state index contributed by atoms with van der Waals surface area (Å²) >= 11 is 0. The first-order valence-corrected chi connectivity index (χ1v) is 52.7. The largest absolute Gasteiger partial charge is 0.310 e. The van der Waals surface area contributed by atoms with Crippen molar-refractivity contribution < 1.29 is 0 Å². The van der Waals surface area contributed by atoms with E-state index in [1.807, 2.05) is 0 Å². The molecule has 16 aromatic carbocycles. The first-order chi connectivity index (χ1) is 66.9. The molecule has 2 heteroatoms. The van der Waals surface area contributed by atoms with Crippen LogP contribution in [0.1, 0.15) is 325 Å². The van der Waals surface area contributed by atoms with Crippen LogP contribution >= 0.6 is 0 Å². The Balaban J connectivity index is 0.000000169. The van der Waals surface area contributed by atoms with E-state index in [1.165, 1.54) is 228 Å². The fourth-order valence-corrected chi connectivity index (χ4v) is 25.0. The molecule has 143 heavy (non-hydrogen) atoms. The summed E-state index contributed by atoms with van der Waals surface area (Å²) in [6.07, 6.45) is 0. The highest BCUT2D eigenvalue weighted by molar-refractivity contribution is 5.97. The molecule has 22 rings (SSSR count).